The summed E-state index contributed by atoms with van der Waals surface area (Å²) < 4.78 is 54.2. The minimum Gasteiger partial charge on any atom is -0.342 e. The number of carbonyl (C=O) groups excluding carboxylic acids is 2. The molecule has 10 heteroatoms. The lowest BCUT2D eigenvalue weighted by Gasteiger charge is -2.22. The Balaban J connectivity index is 1.69. The first-order chi connectivity index (χ1) is 15.7. The molecule has 0 N–H and O–H groups in total. The van der Waals surface area contributed by atoms with Gasteiger partial charge in [-0.2, -0.15) is 13.2 Å². The molecule has 0 aromatic heterocycles. The van der Waals surface area contributed by atoms with Crippen molar-refractivity contribution in [2.75, 3.05) is 23.7 Å². The standard InChI is InChI=1S/C23H19F4N3O2S/c24-16-9-7-15(8-10-16)13-18-21(32)30(19-6-2-1-5-17(19)23(25,26)27)22(28-18)33-14-20(31)29-11-3-4-12-29/h1-2,5-10,13H,3-4,11-12,14H2/b18-13+. The maximum atomic E-state index is 13.7. The molecule has 2 heterocycles. The Kier molecular flexibility index (Phi) is 6.55. The van der Waals surface area contributed by atoms with Gasteiger partial charge in [-0.05, 0) is 48.7 Å². The molecule has 172 valence electrons. The fraction of sp³-hybridized carbons (Fsp3) is 0.261. The van der Waals surface area contributed by atoms with E-state index in [9.17, 15) is 27.2 Å². The van der Waals surface area contributed by atoms with E-state index in [1.165, 1.54) is 48.5 Å². The highest BCUT2D eigenvalue weighted by Crippen LogP contribution is 2.39. The van der Waals surface area contributed by atoms with E-state index in [-0.39, 0.29) is 28.2 Å². The normalized spacial score (nSPS) is 17.8. The number of para-hydroxylation sites is 1. The van der Waals surface area contributed by atoms with E-state index in [1.807, 2.05) is 0 Å². The molecule has 2 aromatic rings. The van der Waals surface area contributed by atoms with E-state index in [0.29, 0.717) is 18.7 Å². The molecular formula is C23H19F4N3O2S. The van der Waals surface area contributed by atoms with Crippen LogP contribution >= 0.6 is 11.8 Å². The number of thioether (sulfide) groups is 1. The van der Waals surface area contributed by atoms with Gasteiger partial charge >= 0.3 is 6.18 Å². The third-order valence-corrected chi connectivity index (χ3v) is 6.16. The van der Waals surface area contributed by atoms with Crippen LogP contribution in [0.1, 0.15) is 24.0 Å². The van der Waals surface area contributed by atoms with Gasteiger partial charge in [-0.1, -0.05) is 36.0 Å². The number of nitrogens with zero attached hydrogens (tertiary/aromatic N) is 3. The summed E-state index contributed by atoms with van der Waals surface area (Å²) in [6, 6.07) is 10.00. The summed E-state index contributed by atoms with van der Waals surface area (Å²) in [6.07, 6.45) is -1.50. The van der Waals surface area contributed by atoms with Crippen LogP contribution in [0.4, 0.5) is 23.2 Å². The summed E-state index contributed by atoms with van der Waals surface area (Å²) in [5.41, 5.74) is -0.986. The molecule has 0 saturated carbocycles. The predicted molar refractivity (Wildman–Crippen MR) is 119 cm³/mol. The highest BCUT2D eigenvalue weighted by molar-refractivity contribution is 8.14. The lowest BCUT2D eigenvalue weighted by molar-refractivity contribution is -0.137. The van der Waals surface area contributed by atoms with Crippen LogP contribution in [0.15, 0.2) is 59.2 Å². The van der Waals surface area contributed by atoms with Gasteiger partial charge < -0.3 is 4.90 Å². The number of carbonyl (C=O) groups is 2. The van der Waals surface area contributed by atoms with Gasteiger partial charge in [0.25, 0.3) is 5.91 Å². The molecule has 0 radical (unpaired) electrons. The number of aliphatic imine (C=N–C) groups is 1. The number of likely N-dealkylation sites (tertiary alicyclic amines) is 1. The SMILES string of the molecule is O=C(CSC1=N/C(=C/c2ccc(F)cc2)C(=O)N1c1ccccc1C(F)(F)F)N1CCCC1. The van der Waals surface area contributed by atoms with Crippen molar-refractivity contribution in [1.29, 1.82) is 0 Å². The van der Waals surface area contributed by atoms with Gasteiger partial charge in [-0.15, -0.1) is 0 Å². The highest BCUT2D eigenvalue weighted by atomic mass is 32.2. The molecule has 5 nitrogen and oxygen atoms in total. The Bertz CT molecular complexity index is 1120. The number of hydrogen-bond donors (Lipinski definition) is 0. The zero-order valence-corrected chi connectivity index (χ0v) is 18.1. The Morgan fingerprint density at radius 2 is 1.73 bits per heavy atom. The van der Waals surface area contributed by atoms with Crippen LogP contribution in [-0.4, -0.2) is 40.7 Å². The molecule has 2 aliphatic rings. The summed E-state index contributed by atoms with van der Waals surface area (Å²) in [6.45, 7) is 1.28. The lowest BCUT2D eigenvalue weighted by Crippen LogP contribution is -2.34. The molecule has 1 saturated heterocycles. The fourth-order valence-electron chi connectivity index (χ4n) is 3.61. The Morgan fingerprint density at radius 1 is 1.06 bits per heavy atom. The maximum Gasteiger partial charge on any atom is 0.418 e. The molecule has 0 aliphatic carbocycles. The van der Waals surface area contributed by atoms with Gasteiger partial charge in [0, 0.05) is 13.1 Å². The zero-order valence-electron chi connectivity index (χ0n) is 17.3. The fourth-order valence-corrected chi connectivity index (χ4v) is 4.52. The molecule has 0 unspecified atom stereocenters. The Hall–Kier alpha value is -3.14. The number of benzene rings is 2. The first-order valence-electron chi connectivity index (χ1n) is 10.2. The van der Waals surface area contributed by atoms with Crippen molar-refractivity contribution in [3.05, 3.63) is 71.2 Å². The second-order valence-corrected chi connectivity index (χ2v) is 8.45. The van der Waals surface area contributed by atoms with Crippen LogP contribution in [0.2, 0.25) is 0 Å². The average molecular weight is 477 g/mol. The summed E-state index contributed by atoms with van der Waals surface area (Å²) in [7, 11) is 0. The van der Waals surface area contributed by atoms with Gasteiger partial charge in [-0.3, -0.25) is 14.5 Å². The van der Waals surface area contributed by atoms with Crippen molar-refractivity contribution >= 4 is 40.5 Å². The van der Waals surface area contributed by atoms with Crippen molar-refractivity contribution in [3.63, 3.8) is 0 Å². The molecule has 0 atom stereocenters. The first kappa shape index (κ1) is 23.0. The molecule has 2 aliphatic heterocycles. The summed E-state index contributed by atoms with van der Waals surface area (Å²) >= 11 is 0.917. The predicted octanol–water partition coefficient (Wildman–Crippen LogP) is 4.94. The summed E-state index contributed by atoms with van der Waals surface area (Å²) in [5.74, 6) is -1.43. The molecule has 0 spiro atoms. The number of rotatable bonds is 4. The van der Waals surface area contributed by atoms with E-state index in [1.54, 1.807) is 4.90 Å². The Morgan fingerprint density at radius 3 is 2.39 bits per heavy atom. The molecule has 4 rings (SSSR count). The van der Waals surface area contributed by atoms with E-state index in [0.717, 1.165) is 35.6 Å². The van der Waals surface area contributed by atoms with Crippen molar-refractivity contribution in [2.24, 2.45) is 4.99 Å². The van der Waals surface area contributed by atoms with Crippen LogP contribution in [0.25, 0.3) is 6.08 Å². The number of amides is 2. The van der Waals surface area contributed by atoms with Crippen molar-refractivity contribution in [1.82, 2.24) is 4.90 Å². The Labute approximate surface area is 191 Å². The molecule has 33 heavy (non-hydrogen) atoms. The highest BCUT2D eigenvalue weighted by Gasteiger charge is 2.40. The molecule has 0 bridgehead atoms. The quantitative estimate of drug-likeness (QED) is 0.463. The van der Waals surface area contributed by atoms with Gasteiger partial charge in [-0.25, -0.2) is 9.38 Å². The number of alkyl halides is 3. The molecule has 2 aromatic carbocycles. The molecular weight excluding hydrogens is 458 g/mol. The largest absolute Gasteiger partial charge is 0.418 e. The number of amidine groups is 1. The number of hydrogen-bond acceptors (Lipinski definition) is 4. The average Bonchev–Trinajstić information content (AvgIpc) is 3.42. The van der Waals surface area contributed by atoms with Crippen LogP contribution in [-0.2, 0) is 15.8 Å². The lowest BCUT2D eigenvalue weighted by atomic mass is 10.1. The van der Waals surface area contributed by atoms with Crippen LogP contribution in [0.3, 0.4) is 0 Å². The second kappa shape index (κ2) is 9.38. The molecule has 2 amide bonds. The third kappa shape index (κ3) is 5.11. The van der Waals surface area contributed by atoms with E-state index >= 15 is 0 Å². The monoisotopic (exact) mass is 477 g/mol. The third-order valence-electron chi connectivity index (χ3n) is 5.24. The van der Waals surface area contributed by atoms with E-state index < -0.39 is 23.5 Å². The summed E-state index contributed by atoms with van der Waals surface area (Å²) in [5, 5.41) is -0.0161. The van der Waals surface area contributed by atoms with E-state index in [4.69, 9.17) is 0 Å². The summed E-state index contributed by atoms with van der Waals surface area (Å²) in [4.78, 5) is 32.5. The van der Waals surface area contributed by atoms with Gasteiger partial charge in [0.1, 0.15) is 11.5 Å². The smallest absolute Gasteiger partial charge is 0.342 e. The minimum absolute atomic E-state index is 0.0161. The van der Waals surface area contributed by atoms with Crippen molar-refractivity contribution in [3.8, 4) is 0 Å². The zero-order chi connectivity index (χ0) is 23.6. The number of halogens is 4. The maximum absolute atomic E-state index is 13.7. The van der Waals surface area contributed by atoms with Crippen LogP contribution < -0.4 is 4.90 Å². The van der Waals surface area contributed by atoms with Gasteiger partial charge in [0.2, 0.25) is 5.91 Å². The second-order valence-electron chi connectivity index (χ2n) is 7.51. The topological polar surface area (TPSA) is 53.0 Å². The van der Waals surface area contributed by atoms with Gasteiger partial charge in [0.15, 0.2) is 5.17 Å². The van der Waals surface area contributed by atoms with Crippen molar-refractivity contribution < 1.29 is 27.2 Å². The van der Waals surface area contributed by atoms with Crippen LogP contribution in [0, 0.1) is 5.82 Å². The van der Waals surface area contributed by atoms with Crippen molar-refractivity contribution in [2.45, 2.75) is 19.0 Å². The van der Waals surface area contributed by atoms with Crippen LogP contribution in [0.5, 0.6) is 0 Å². The van der Waals surface area contributed by atoms with E-state index in [2.05, 4.69) is 4.99 Å². The minimum atomic E-state index is -4.69. The number of anilines is 1. The van der Waals surface area contributed by atoms with Gasteiger partial charge in [0.05, 0.1) is 17.0 Å². The molecule has 1 fully saturated rings. The first-order valence-corrected chi connectivity index (χ1v) is 11.2.